The zero-order chi connectivity index (χ0) is 13.4. The van der Waals surface area contributed by atoms with Gasteiger partial charge in [0.05, 0.1) is 0 Å². The van der Waals surface area contributed by atoms with Crippen LogP contribution in [0, 0.1) is 5.92 Å². The highest BCUT2D eigenvalue weighted by Gasteiger charge is 2.45. The van der Waals surface area contributed by atoms with Crippen LogP contribution in [0.15, 0.2) is 24.3 Å². The number of benzene rings is 1. The predicted octanol–water partition coefficient (Wildman–Crippen LogP) is 4.71. The number of piperidine rings is 1. The maximum absolute atomic E-state index is 6.03. The van der Waals surface area contributed by atoms with E-state index in [0.29, 0.717) is 0 Å². The number of nitrogens with zero attached hydrogens (tertiary/aromatic N) is 1. The van der Waals surface area contributed by atoms with Gasteiger partial charge in [0.2, 0.25) is 0 Å². The third-order valence-corrected chi connectivity index (χ3v) is 5.60. The average Bonchev–Trinajstić information content (AvgIpc) is 2.65. The van der Waals surface area contributed by atoms with Crippen LogP contribution in [0.2, 0.25) is 5.02 Å². The molecule has 2 heterocycles. The lowest BCUT2D eigenvalue weighted by molar-refractivity contribution is 0.0940. The zero-order valence-electron chi connectivity index (χ0n) is 12.0. The minimum atomic E-state index is 0.742. The molecule has 0 N–H and O–H groups in total. The highest BCUT2D eigenvalue weighted by Crippen LogP contribution is 2.47. The molecule has 2 aliphatic rings. The van der Waals surface area contributed by atoms with Crippen LogP contribution in [-0.4, -0.2) is 24.0 Å². The molecule has 0 unspecified atom stereocenters. The van der Waals surface area contributed by atoms with E-state index in [1.54, 1.807) is 0 Å². The largest absolute Gasteiger partial charge is 0.300 e. The maximum Gasteiger partial charge on any atom is 0.0406 e. The molecule has 2 bridgehead atoms. The smallest absolute Gasteiger partial charge is 0.0406 e. The molecular weight excluding hydrogens is 254 g/mol. The molecule has 4 atom stereocenters. The van der Waals surface area contributed by atoms with Gasteiger partial charge in [-0.2, -0.15) is 0 Å². The summed E-state index contributed by atoms with van der Waals surface area (Å²) in [4.78, 5) is 2.66. The first kappa shape index (κ1) is 13.5. The van der Waals surface area contributed by atoms with Crippen LogP contribution in [0.25, 0.3) is 0 Å². The zero-order valence-corrected chi connectivity index (χ0v) is 12.7. The topological polar surface area (TPSA) is 3.24 Å². The van der Waals surface area contributed by atoms with Crippen LogP contribution >= 0.6 is 11.6 Å². The summed E-state index contributed by atoms with van der Waals surface area (Å²) in [6.07, 6.45) is 6.78. The van der Waals surface area contributed by atoms with Gasteiger partial charge in [-0.25, -0.2) is 0 Å². The summed E-state index contributed by atoms with van der Waals surface area (Å²) in [5.41, 5.74) is 1.51. The summed E-state index contributed by atoms with van der Waals surface area (Å²) in [7, 11) is 2.34. The fourth-order valence-corrected chi connectivity index (χ4v) is 4.52. The monoisotopic (exact) mass is 277 g/mol. The molecular formula is C17H24ClN. The normalized spacial score (nSPS) is 34.7. The summed E-state index contributed by atoms with van der Waals surface area (Å²) in [6.45, 7) is 2.32. The fraction of sp³-hybridized carbons (Fsp3) is 0.647. The number of halogens is 1. The van der Waals surface area contributed by atoms with Gasteiger partial charge in [0, 0.05) is 17.1 Å². The molecule has 104 valence electrons. The SMILES string of the molecule is CCC[C@H]1[C@@H](c2ccc(Cl)cc2)C[C@@H]2CC[C@H]1N2C. The van der Waals surface area contributed by atoms with E-state index in [1.165, 1.54) is 37.7 Å². The lowest BCUT2D eigenvalue weighted by atomic mass is 9.74. The average molecular weight is 278 g/mol. The Hall–Kier alpha value is -0.530. The van der Waals surface area contributed by atoms with Crippen molar-refractivity contribution in [1.29, 1.82) is 0 Å². The van der Waals surface area contributed by atoms with E-state index in [9.17, 15) is 0 Å². The number of hydrogen-bond donors (Lipinski definition) is 0. The Morgan fingerprint density at radius 2 is 1.95 bits per heavy atom. The second-order valence-electron chi connectivity index (χ2n) is 6.31. The van der Waals surface area contributed by atoms with Gasteiger partial charge in [-0.15, -0.1) is 0 Å². The minimum absolute atomic E-state index is 0.742. The lowest BCUT2D eigenvalue weighted by Gasteiger charge is -2.43. The van der Waals surface area contributed by atoms with Gasteiger partial charge in [-0.3, -0.25) is 0 Å². The predicted molar refractivity (Wildman–Crippen MR) is 81.8 cm³/mol. The van der Waals surface area contributed by atoms with Crippen LogP contribution in [0.3, 0.4) is 0 Å². The van der Waals surface area contributed by atoms with E-state index in [1.807, 2.05) is 0 Å². The summed E-state index contributed by atoms with van der Waals surface area (Å²) < 4.78 is 0. The van der Waals surface area contributed by atoms with E-state index in [2.05, 4.69) is 43.1 Å². The molecule has 3 rings (SSSR count). The van der Waals surface area contributed by atoms with Crippen LogP contribution in [-0.2, 0) is 0 Å². The van der Waals surface area contributed by atoms with Crippen molar-refractivity contribution in [1.82, 2.24) is 4.90 Å². The van der Waals surface area contributed by atoms with Crippen molar-refractivity contribution in [3.05, 3.63) is 34.9 Å². The summed E-state index contributed by atoms with van der Waals surface area (Å²) >= 11 is 6.03. The first-order valence-electron chi connectivity index (χ1n) is 7.68. The molecule has 1 nitrogen and oxygen atoms in total. The van der Waals surface area contributed by atoms with E-state index in [4.69, 9.17) is 11.6 Å². The molecule has 1 aromatic rings. The van der Waals surface area contributed by atoms with Crippen molar-refractivity contribution in [2.75, 3.05) is 7.05 Å². The Bertz CT molecular complexity index is 427. The van der Waals surface area contributed by atoms with Crippen molar-refractivity contribution >= 4 is 11.6 Å². The molecule has 0 saturated carbocycles. The highest BCUT2D eigenvalue weighted by atomic mass is 35.5. The van der Waals surface area contributed by atoms with Crippen LogP contribution < -0.4 is 0 Å². The number of hydrogen-bond acceptors (Lipinski definition) is 1. The van der Waals surface area contributed by atoms with Gasteiger partial charge < -0.3 is 4.90 Å². The van der Waals surface area contributed by atoms with E-state index < -0.39 is 0 Å². The molecule has 0 amide bonds. The second kappa shape index (κ2) is 5.46. The van der Waals surface area contributed by atoms with E-state index >= 15 is 0 Å². The third-order valence-electron chi connectivity index (χ3n) is 5.35. The molecule has 2 saturated heterocycles. The van der Waals surface area contributed by atoms with Gasteiger partial charge in [0.1, 0.15) is 0 Å². The van der Waals surface area contributed by atoms with Crippen molar-refractivity contribution in [3.8, 4) is 0 Å². The second-order valence-corrected chi connectivity index (χ2v) is 6.75. The van der Waals surface area contributed by atoms with Gasteiger partial charge in [0.25, 0.3) is 0 Å². The first-order chi connectivity index (χ1) is 9.20. The molecule has 0 aromatic heterocycles. The van der Waals surface area contributed by atoms with Gasteiger partial charge in [0.15, 0.2) is 0 Å². The Morgan fingerprint density at radius 3 is 2.63 bits per heavy atom. The molecule has 19 heavy (non-hydrogen) atoms. The van der Waals surface area contributed by atoms with Crippen LogP contribution in [0.1, 0.15) is 50.5 Å². The fourth-order valence-electron chi connectivity index (χ4n) is 4.40. The minimum Gasteiger partial charge on any atom is -0.300 e. The summed E-state index contributed by atoms with van der Waals surface area (Å²) in [6, 6.07) is 10.2. The van der Waals surface area contributed by atoms with Gasteiger partial charge in [-0.1, -0.05) is 37.1 Å². The Labute approximate surface area is 121 Å². The van der Waals surface area contributed by atoms with Crippen molar-refractivity contribution < 1.29 is 0 Å². The molecule has 1 aromatic carbocycles. The third kappa shape index (κ3) is 2.43. The summed E-state index contributed by atoms with van der Waals surface area (Å²) in [5, 5.41) is 0.853. The maximum atomic E-state index is 6.03. The van der Waals surface area contributed by atoms with E-state index in [-0.39, 0.29) is 0 Å². The standard InChI is InChI=1S/C17H24ClN/c1-3-4-15-16(12-5-7-13(18)8-6-12)11-14-9-10-17(15)19(14)2/h5-8,14-17H,3-4,9-11H2,1-2H3/t14-,15-,16+,17+/m0/s1. The van der Waals surface area contributed by atoms with Crippen LogP contribution in [0.4, 0.5) is 0 Å². The van der Waals surface area contributed by atoms with E-state index in [0.717, 1.165) is 28.9 Å². The number of rotatable bonds is 3. The molecule has 2 fully saturated rings. The summed E-state index contributed by atoms with van der Waals surface area (Å²) in [5.74, 6) is 1.57. The van der Waals surface area contributed by atoms with Crippen molar-refractivity contribution in [2.24, 2.45) is 5.92 Å². The molecule has 2 heteroatoms. The molecule has 0 aliphatic carbocycles. The Kier molecular flexibility index (Phi) is 3.86. The van der Waals surface area contributed by atoms with Crippen molar-refractivity contribution in [2.45, 2.75) is 57.0 Å². The molecule has 0 spiro atoms. The quantitative estimate of drug-likeness (QED) is 0.774. The Balaban J connectivity index is 1.88. The van der Waals surface area contributed by atoms with Crippen molar-refractivity contribution in [3.63, 3.8) is 0 Å². The molecule has 0 radical (unpaired) electrons. The lowest BCUT2D eigenvalue weighted by Crippen LogP contribution is -2.45. The Morgan fingerprint density at radius 1 is 1.21 bits per heavy atom. The van der Waals surface area contributed by atoms with Gasteiger partial charge in [-0.05, 0) is 62.3 Å². The molecule has 2 aliphatic heterocycles. The van der Waals surface area contributed by atoms with Crippen LogP contribution in [0.5, 0.6) is 0 Å². The highest BCUT2D eigenvalue weighted by molar-refractivity contribution is 6.30. The number of fused-ring (bicyclic) bond motifs is 2. The van der Waals surface area contributed by atoms with Gasteiger partial charge >= 0.3 is 0 Å². The first-order valence-corrected chi connectivity index (χ1v) is 8.06.